The number of unbranched alkanes of at least 4 members (excludes halogenated alkanes) is 1. The average Bonchev–Trinajstić information content (AvgIpc) is 2.72. The van der Waals surface area contributed by atoms with Gasteiger partial charge in [0.05, 0.1) is 18.1 Å². The lowest BCUT2D eigenvalue weighted by atomic mass is 9.89. The summed E-state index contributed by atoms with van der Waals surface area (Å²) < 4.78 is 2.09. The van der Waals surface area contributed by atoms with Gasteiger partial charge in [0.1, 0.15) is 0 Å². The van der Waals surface area contributed by atoms with E-state index in [0.29, 0.717) is 0 Å². The fourth-order valence-corrected chi connectivity index (χ4v) is 1.64. The number of hydrogen-bond acceptors (Lipinski definition) is 2. The van der Waals surface area contributed by atoms with Crippen LogP contribution in [0.4, 0.5) is 0 Å². The summed E-state index contributed by atoms with van der Waals surface area (Å²) in [6.07, 6.45) is 7.03. The molecule has 1 N–H and O–H groups in total. The zero-order valence-corrected chi connectivity index (χ0v) is 10.1. The number of aryl methyl sites for hydroxylation is 1. The van der Waals surface area contributed by atoms with E-state index in [1.54, 1.807) is 0 Å². The van der Waals surface area contributed by atoms with Crippen molar-refractivity contribution >= 4 is 0 Å². The quantitative estimate of drug-likeness (QED) is 0.749. The molecule has 0 amide bonds. The van der Waals surface area contributed by atoms with Gasteiger partial charge in [0.15, 0.2) is 0 Å². The zero-order valence-electron chi connectivity index (χ0n) is 10.1. The van der Waals surface area contributed by atoms with E-state index in [0.717, 1.165) is 31.4 Å². The third-order valence-corrected chi connectivity index (χ3v) is 2.77. The van der Waals surface area contributed by atoms with Gasteiger partial charge in [-0.15, -0.1) is 0 Å². The Bertz CT molecular complexity index is 360. The van der Waals surface area contributed by atoms with Gasteiger partial charge in [-0.2, -0.15) is 5.26 Å². The molecule has 1 aromatic rings. The molecule has 0 saturated carbocycles. The highest BCUT2D eigenvalue weighted by atomic mass is 16.3. The van der Waals surface area contributed by atoms with E-state index < -0.39 is 0 Å². The Labute approximate surface area is 97.3 Å². The van der Waals surface area contributed by atoms with Crippen LogP contribution in [0.1, 0.15) is 38.7 Å². The van der Waals surface area contributed by atoms with Crippen LogP contribution in [0, 0.1) is 16.7 Å². The Morgan fingerprint density at radius 1 is 1.44 bits per heavy atom. The largest absolute Gasteiger partial charge is 0.392 e. The number of nitrogens with zero attached hydrogens (tertiary/aromatic N) is 2. The van der Waals surface area contributed by atoms with Crippen molar-refractivity contribution in [3.63, 3.8) is 0 Å². The first-order valence-electron chi connectivity index (χ1n) is 5.74. The van der Waals surface area contributed by atoms with E-state index in [4.69, 9.17) is 10.4 Å². The molecule has 3 heteroatoms. The van der Waals surface area contributed by atoms with Crippen molar-refractivity contribution in [2.24, 2.45) is 5.41 Å². The molecule has 0 saturated heterocycles. The van der Waals surface area contributed by atoms with E-state index >= 15 is 0 Å². The number of aromatic nitrogens is 1. The van der Waals surface area contributed by atoms with Crippen LogP contribution in [0.15, 0.2) is 18.5 Å². The van der Waals surface area contributed by atoms with E-state index in [1.807, 2.05) is 32.3 Å². The third kappa shape index (κ3) is 4.08. The third-order valence-electron chi connectivity index (χ3n) is 2.77. The van der Waals surface area contributed by atoms with Crippen molar-refractivity contribution in [3.05, 3.63) is 24.0 Å². The van der Waals surface area contributed by atoms with Crippen LogP contribution in [-0.2, 0) is 13.2 Å². The maximum atomic E-state index is 8.91. The topological polar surface area (TPSA) is 49.0 Å². The van der Waals surface area contributed by atoms with E-state index in [1.165, 1.54) is 0 Å². The predicted molar refractivity (Wildman–Crippen MR) is 63.6 cm³/mol. The van der Waals surface area contributed by atoms with Crippen molar-refractivity contribution < 1.29 is 5.11 Å². The van der Waals surface area contributed by atoms with Crippen LogP contribution in [0.3, 0.4) is 0 Å². The van der Waals surface area contributed by atoms with E-state index in [9.17, 15) is 0 Å². The van der Waals surface area contributed by atoms with Crippen molar-refractivity contribution in [1.29, 1.82) is 5.26 Å². The van der Waals surface area contributed by atoms with Gasteiger partial charge in [-0.05, 0) is 38.3 Å². The van der Waals surface area contributed by atoms with Crippen LogP contribution >= 0.6 is 0 Å². The summed E-state index contributed by atoms with van der Waals surface area (Å²) in [5.41, 5.74) is 0.754. The Hall–Kier alpha value is -1.27. The molecule has 1 rings (SSSR count). The molecular weight excluding hydrogens is 200 g/mol. The zero-order chi connectivity index (χ0) is 12.0. The Morgan fingerprint density at radius 3 is 2.75 bits per heavy atom. The molecule has 0 radical (unpaired) electrons. The molecule has 1 heterocycles. The van der Waals surface area contributed by atoms with Gasteiger partial charge in [0.25, 0.3) is 0 Å². The number of rotatable bonds is 6. The van der Waals surface area contributed by atoms with Crippen LogP contribution in [0.25, 0.3) is 0 Å². The van der Waals surface area contributed by atoms with Crippen LogP contribution in [0.5, 0.6) is 0 Å². The van der Waals surface area contributed by atoms with Gasteiger partial charge in [0, 0.05) is 18.9 Å². The van der Waals surface area contributed by atoms with Crippen molar-refractivity contribution in [3.8, 4) is 6.07 Å². The van der Waals surface area contributed by atoms with Crippen LogP contribution < -0.4 is 0 Å². The molecule has 0 aromatic carbocycles. The lowest BCUT2D eigenvalue weighted by Crippen LogP contribution is -2.07. The second-order valence-electron chi connectivity index (χ2n) is 4.87. The summed E-state index contributed by atoms with van der Waals surface area (Å²) in [7, 11) is 0. The number of aliphatic hydroxyl groups is 1. The normalized spacial score (nSPS) is 11.4. The van der Waals surface area contributed by atoms with Crippen LogP contribution in [0.2, 0.25) is 0 Å². The fourth-order valence-electron chi connectivity index (χ4n) is 1.64. The molecule has 88 valence electrons. The van der Waals surface area contributed by atoms with Gasteiger partial charge in [-0.25, -0.2) is 0 Å². The highest BCUT2D eigenvalue weighted by molar-refractivity contribution is 5.08. The molecule has 0 aliphatic carbocycles. The number of hydrogen-bond donors (Lipinski definition) is 1. The predicted octanol–water partition coefficient (Wildman–Crippen LogP) is 2.70. The lowest BCUT2D eigenvalue weighted by Gasteiger charge is -2.14. The molecule has 0 atom stereocenters. The summed E-state index contributed by atoms with van der Waals surface area (Å²) in [5.74, 6) is 0. The molecule has 3 nitrogen and oxygen atoms in total. The molecule has 16 heavy (non-hydrogen) atoms. The molecule has 0 aliphatic heterocycles. The first kappa shape index (κ1) is 12.8. The summed E-state index contributed by atoms with van der Waals surface area (Å²) >= 11 is 0. The summed E-state index contributed by atoms with van der Waals surface area (Å²) in [6, 6.07) is 4.24. The second-order valence-corrected chi connectivity index (χ2v) is 4.87. The Balaban J connectivity index is 2.24. The van der Waals surface area contributed by atoms with Gasteiger partial charge in [-0.1, -0.05) is 6.42 Å². The average molecular weight is 220 g/mol. The van der Waals surface area contributed by atoms with E-state index in [2.05, 4.69) is 10.6 Å². The summed E-state index contributed by atoms with van der Waals surface area (Å²) in [4.78, 5) is 0. The molecule has 0 aliphatic rings. The first-order chi connectivity index (χ1) is 7.57. The standard InChI is InChI=1S/C13H20N2O/c1-13(2,11-14)6-3-4-7-15-8-5-12(9-15)10-16/h5,8-9,16H,3-4,6-7,10H2,1-2H3. The fraction of sp³-hybridized carbons (Fsp3) is 0.615. The molecular formula is C13H20N2O. The van der Waals surface area contributed by atoms with E-state index in [-0.39, 0.29) is 12.0 Å². The van der Waals surface area contributed by atoms with Crippen molar-refractivity contribution in [2.45, 2.75) is 46.3 Å². The van der Waals surface area contributed by atoms with Crippen LogP contribution in [-0.4, -0.2) is 9.67 Å². The minimum Gasteiger partial charge on any atom is -0.392 e. The number of nitriles is 1. The molecule has 1 aromatic heterocycles. The van der Waals surface area contributed by atoms with Crippen molar-refractivity contribution in [1.82, 2.24) is 4.57 Å². The Morgan fingerprint density at radius 2 is 2.19 bits per heavy atom. The minimum atomic E-state index is -0.201. The SMILES string of the molecule is CC(C)(C#N)CCCCn1ccc(CO)c1. The Kier molecular flexibility index (Phi) is 4.57. The molecule has 0 unspecified atom stereocenters. The second kappa shape index (κ2) is 5.72. The van der Waals surface area contributed by atoms with Gasteiger partial charge in [0.2, 0.25) is 0 Å². The molecule has 0 bridgehead atoms. The van der Waals surface area contributed by atoms with Gasteiger partial charge in [-0.3, -0.25) is 0 Å². The summed E-state index contributed by atoms with van der Waals surface area (Å²) in [6.45, 7) is 5.02. The molecule has 0 spiro atoms. The highest BCUT2D eigenvalue weighted by Gasteiger charge is 2.15. The smallest absolute Gasteiger partial charge is 0.0696 e. The summed E-state index contributed by atoms with van der Waals surface area (Å²) in [5, 5.41) is 17.8. The van der Waals surface area contributed by atoms with Gasteiger partial charge >= 0.3 is 0 Å². The lowest BCUT2D eigenvalue weighted by molar-refractivity contribution is 0.281. The maximum Gasteiger partial charge on any atom is 0.0696 e. The maximum absolute atomic E-state index is 8.91. The highest BCUT2D eigenvalue weighted by Crippen LogP contribution is 2.21. The minimum absolute atomic E-state index is 0.106. The monoisotopic (exact) mass is 220 g/mol. The number of aliphatic hydroxyl groups excluding tert-OH is 1. The first-order valence-corrected chi connectivity index (χ1v) is 5.74. The molecule has 0 fully saturated rings. The van der Waals surface area contributed by atoms with Crippen molar-refractivity contribution in [2.75, 3.05) is 0 Å². The van der Waals surface area contributed by atoms with Gasteiger partial charge < -0.3 is 9.67 Å².